The molecule has 1 aliphatic heterocycles. The number of carbonyl (C=O) groups is 1. The van der Waals surface area contributed by atoms with Crippen LogP contribution in [0.3, 0.4) is 0 Å². The normalized spacial score (nSPS) is 15.7. The van der Waals surface area contributed by atoms with Crippen LogP contribution in [0, 0.1) is 11.7 Å². The van der Waals surface area contributed by atoms with E-state index in [4.69, 9.17) is 22.1 Å². The first kappa shape index (κ1) is 25.2. The summed E-state index contributed by atoms with van der Waals surface area (Å²) in [6.45, 7) is 2.72. The Morgan fingerprint density at radius 1 is 1.32 bits per heavy atom. The standard InChI is InChI=1S/C22H27ClFN3O3.ClH/c1-30-21-11-19(25)18(23)10-17(21)22(29)26-12-14-6-8-27(9-7-14)13-20(28)15-2-4-16(24)5-3-15;/h2-5,10-11,14,20,28H,6-9,12-13,25H2,1H3,(H,26,29);1H. The summed E-state index contributed by atoms with van der Waals surface area (Å²) in [6.07, 6.45) is 1.18. The second-order valence-corrected chi connectivity index (χ2v) is 8.00. The van der Waals surface area contributed by atoms with Gasteiger partial charge < -0.3 is 25.8 Å². The molecule has 0 saturated carbocycles. The number of hydrogen-bond donors (Lipinski definition) is 3. The molecule has 1 atom stereocenters. The second-order valence-electron chi connectivity index (χ2n) is 7.60. The van der Waals surface area contributed by atoms with Crippen molar-refractivity contribution in [2.45, 2.75) is 18.9 Å². The van der Waals surface area contributed by atoms with E-state index in [9.17, 15) is 14.3 Å². The number of nitrogens with zero attached hydrogens (tertiary/aromatic N) is 1. The quantitative estimate of drug-likeness (QED) is 0.536. The van der Waals surface area contributed by atoms with Crippen LogP contribution >= 0.6 is 24.0 Å². The number of hydrogen-bond acceptors (Lipinski definition) is 5. The van der Waals surface area contributed by atoms with E-state index in [1.165, 1.54) is 25.3 Å². The lowest BCUT2D eigenvalue weighted by molar-refractivity contribution is 0.0851. The fraction of sp³-hybridized carbons (Fsp3) is 0.409. The van der Waals surface area contributed by atoms with E-state index in [2.05, 4.69) is 10.2 Å². The van der Waals surface area contributed by atoms with Crippen LogP contribution in [0.4, 0.5) is 10.1 Å². The topological polar surface area (TPSA) is 87.8 Å². The number of aliphatic hydroxyl groups is 1. The number of β-amino-alcohol motifs (C(OH)–C–C–N with tert-alkyl or cyclic N) is 1. The Bertz CT molecular complexity index is 875. The molecule has 0 aromatic heterocycles. The third-order valence-corrected chi connectivity index (χ3v) is 5.84. The molecule has 6 nitrogen and oxygen atoms in total. The van der Waals surface area contributed by atoms with E-state index in [1.807, 2.05) is 0 Å². The summed E-state index contributed by atoms with van der Waals surface area (Å²) in [5.74, 6) is 0.179. The molecule has 1 heterocycles. The van der Waals surface area contributed by atoms with Gasteiger partial charge >= 0.3 is 0 Å². The van der Waals surface area contributed by atoms with Crippen LogP contribution in [0.5, 0.6) is 5.75 Å². The van der Waals surface area contributed by atoms with Crippen molar-refractivity contribution in [2.24, 2.45) is 5.92 Å². The number of benzene rings is 2. The monoisotopic (exact) mass is 471 g/mol. The summed E-state index contributed by atoms with van der Waals surface area (Å²) < 4.78 is 18.3. The number of likely N-dealkylation sites (tertiary alicyclic amines) is 1. The van der Waals surface area contributed by atoms with Gasteiger partial charge in [-0.25, -0.2) is 4.39 Å². The molecule has 2 aromatic rings. The molecule has 9 heteroatoms. The van der Waals surface area contributed by atoms with Crippen LogP contribution < -0.4 is 15.8 Å². The molecule has 170 valence electrons. The fourth-order valence-corrected chi connectivity index (χ4v) is 3.82. The minimum Gasteiger partial charge on any atom is -0.496 e. The van der Waals surface area contributed by atoms with E-state index in [1.54, 1.807) is 18.2 Å². The first-order valence-electron chi connectivity index (χ1n) is 9.94. The van der Waals surface area contributed by atoms with E-state index >= 15 is 0 Å². The molecule has 0 bridgehead atoms. The van der Waals surface area contributed by atoms with Crippen LogP contribution in [0.1, 0.15) is 34.9 Å². The van der Waals surface area contributed by atoms with Crippen molar-refractivity contribution in [2.75, 3.05) is 39.0 Å². The summed E-state index contributed by atoms with van der Waals surface area (Å²) in [7, 11) is 1.48. The zero-order valence-electron chi connectivity index (χ0n) is 17.3. The molecule has 1 amide bonds. The van der Waals surface area contributed by atoms with Crippen molar-refractivity contribution < 1.29 is 19.0 Å². The van der Waals surface area contributed by atoms with Gasteiger partial charge in [-0.15, -0.1) is 12.4 Å². The third-order valence-electron chi connectivity index (χ3n) is 5.51. The van der Waals surface area contributed by atoms with Gasteiger partial charge in [0.25, 0.3) is 5.91 Å². The SMILES string of the molecule is COc1cc(N)c(Cl)cc1C(=O)NCC1CCN(CC(O)c2ccc(F)cc2)CC1.Cl. The zero-order valence-corrected chi connectivity index (χ0v) is 18.9. The number of ether oxygens (including phenoxy) is 1. The number of rotatable bonds is 7. The molecule has 1 unspecified atom stereocenters. The highest BCUT2D eigenvalue weighted by Gasteiger charge is 2.23. The Morgan fingerprint density at radius 2 is 1.97 bits per heavy atom. The van der Waals surface area contributed by atoms with Crippen LogP contribution in [0.25, 0.3) is 0 Å². The van der Waals surface area contributed by atoms with Gasteiger partial charge in [-0.1, -0.05) is 23.7 Å². The molecule has 31 heavy (non-hydrogen) atoms. The highest BCUT2D eigenvalue weighted by atomic mass is 35.5. The number of nitrogens with two attached hydrogens (primary N) is 1. The van der Waals surface area contributed by atoms with Crippen LogP contribution in [0.2, 0.25) is 5.02 Å². The molecule has 0 aliphatic carbocycles. The summed E-state index contributed by atoms with van der Waals surface area (Å²) >= 11 is 6.04. The molecule has 4 N–H and O–H groups in total. The molecular formula is C22H28Cl2FN3O3. The van der Waals surface area contributed by atoms with Gasteiger partial charge in [0.1, 0.15) is 11.6 Å². The highest BCUT2D eigenvalue weighted by Crippen LogP contribution is 2.29. The van der Waals surface area contributed by atoms with Gasteiger partial charge in [-0.3, -0.25) is 4.79 Å². The molecule has 2 aromatic carbocycles. The minimum atomic E-state index is -0.649. The van der Waals surface area contributed by atoms with E-state index in [-0.39, 0.29) is 24.1 Å². The number of anilines is 1. The molecule has 1 fully saturated rings. The van der Waals surface area contributed by atoms with Gasteiger partial charge in [0.15, 0.2) is 0 Å². The average Bonchev–Trinajstić information content (AvgIpc) is 2.75. The van der Waals surface area contributed by atoms with Crippen molar-refractivity contribution in [1.82, 2.24) is 10.2 Å². The summed E-state index contributed by atoms with van der Waals surface area (Å²) in [5.41, 5.74) is 7.19. The Labute approximate surface area is 192 Å². The fourth-order valence-electron chi connectivity index (χ4n) is 3.66. The van der Waals surface area contributed by atoms with Gasteiger partial charge in [-0.2, -0.15) is 0 Å². The summed E-state index contributed by atoms with van der Waals surface area (Å²) in [4.78, 5) is 14.8. The number of piperidine rings is 1. The predicted molar refractivity (Wildman–Crippen MR) is 123 cm³/mol. The first-order chi connectivity index (χ1) is 14.4. The lowest BCUT2D eigenvalue weighted by Crippen LogP contribution is -2.40. The lowest BCUT2D eigenvalue weighted by atomic mass is 9.96. The average molecular weight is 472 g/mol. The molecular weight excluding hydrogens is 444 g/mol. The van der Waals surface area contributed by atoms with Crippen molar-refractivity contribution in [1.29, 1.82) is 0 Å². The van der Waals surface area contributed by atoms with Gasteiger partial charge in [0.2, 0.25) is 0 Å². The highest BCUT2D eigenvalue weighted by molar-refractivity contribution is 6.33. The predicted octanol–water partition coefficient (Wildman–Crippen LogP) is 3.67. The summed E-state index contributed by atoms with van der Waals surface area (Å²) in [6, 6.07) is 9.00. The minimum absolute atomic E-state index is 0. The Kier molecular flexibility index (Phi) is 9.37. The van der Waals surface area contributed by atoms with Crippen molar-refractivity contribution >= 4 is 35.6 Å². The van der Waals surface area contributed by atoms with E-state index in [0.717, 1.165) is 25.9 Å². The maximum Gasteiger partial charge on any atom is 0.255 e. The van der Waals surface area contributed by atoms with E-state index < -0.39 is 6.10 Å². The van der Waals surface area contributed by atoms with Crippen molar-refractivity contribution in [3.05, 3.63) is 58.4 Å². The molecule has 0 radical (unpaired) electrons. The van der Waals surface area contributed by atoms with Crippen LogP contribution in [-0.4, -0.2) is 49.2 Å². The van der Waals surface area contributed by atoms with Gasteiger partial charge in [0.05, 0.1) is 29.5 Å². The smallest absolute Gasteiger partial charge is 0.255 e. The molecule has 3 rings (SSSR count). The molecule has 0 spiro atoms. The number of nitrogen functional groups attached to an aromatic ring is 1. The van der Waals surface area contributed by atoms with Crippen LogP contribution in [-0.2, 0) is 0 Å². The number of carbonyl (C=O) groups excluding carboxylic acids is 1. The number of aliphatic hydroxyl groups excluding tert-OH is 1. The second kappa shape index (κ2) is 11.5. The number of halogens is 3. The first-order valence-corrected chi connectivity index (χ1v) is 10.3. The Hall–Kier alpha value is -2.06. The molecule has 1 aliphatic rings. The van der Waals surface area contributed by atoms with Gasteiger partial charge in [-0.05, 0) is 55.6 Å². The lowest BCUT2D eigenvalue weighted by Gasteiger charge is -2.33. The number of amides is 1. The largest absolute Gasteiger partial charge is 0.496 e. The maximum absolute atomic E-state index is 13.0. The Morgan fingerprint density at radius 3 is 2.58 bits per heavy atom. The number of methoxy groups -OCH3 is 1. The van der Waals surface area contributed by atoms with Crippen LogP contribution in [0.15, 0.2) is 36.4 Å². The maximum atomic E-state index is 13.0. The Balaban J connectivity index is 0.00000341. The molecule has 1 saturated heterocycles. The van der Waals surface area contributed by atoms with Crippen molar-refractivity contribution in [3.63, 3.8) is 0 Å². The van der Waals surface area contributed by atoms with E-state index in [0.29, 0.717) is 46.6 Å². The zero-order chi connectivity index (χ0) is 21.7. The number of nitrogens with one attached hydrogen (secondary N) is 1. The van der Waals surface area contributed by atoms with Gasteiger partial charge in [0, 0.05) is 19.2 Å². The summed E-state index contributed by atoms with van der Waals surface area (Å²) in [5, 5.41) is 13.6. The third kappa shape index (κ3) is 6.71. The van der Waals surface area contributed by atoms with Crippen molar-refractivity contribution in [3.8, 4) is 5.75 Å².